The molecule has 0 fully saturated rings. The molecule has 0 saturated carbocycles. The van der Waals surface area contributed by atoms with Gasteiger partial charge < -0.3 is 9.72 Å². The number of nitrogens with zero attached hydrogens (tertiary/aromatic N) is 5. The van der Waals surface area contributed by atoms with Crippen LogP contribution in [0.25, 0.3) is 16.9 Å². The molecule has 8 nitrogen and oxygen atoms in total. The van der Waals surface area contributed by atoms with Gasteiger partial charge in [0.2, 0.25) is 5.88 Å². The van der Waals surface area contributed by atoms with Crippen LogP contribution >= 0.6 is 0 Å². The molecule has 0 aliphatic carbocycles. The first-order chi connectivity index (χ1) is 13.6. The maximum absolute atomic E-state index is 12.0. The Morgan fingerprint density at radius 1 is 1.18 bits per heavy atom. The van der Waals surface area contributed by atoms with Crippen LogP contribution in [0.1, 0.15) is 11.3 Å². The summed E-state index contributed by atoms with van der Waals surface area (Å²) in [4.78, 5) is 22.9. The average molecular weight is 370 g/mol. The molecule has 8 heteroatoms. The number of aromatic nitrogens is 5. The van der Waals surface area contributed by atoms with Crippen molar-refractivity contribution in [3.8, 4) is 34.6 Å². The first-order valence-electron chi connectivity index (χ1n) is 8.38. The number of hydrogen-bond acceptors (Lipinski definition) is 6. The number of nitriles is 1. The van der Waals surface area contributed by atoms with Crippen LogP contribution in [0.3, 0.4) is 0 Å². The third-order valence-corrected chi connectivity index (χ3v) is 4.03. The molecule has 0 aliphatic rings. The van der Waals surface area contributed by atoms with Gasteiger partial charge in [0.1, 0.15) is 23.7 Å². The highest BCUT2D eigenvalue weighted by Gasteiger charge is 2.11. The third-order valence-electron chi connectivity index (χ3n) is 4.03. The standard InChI is InChI=1S/C20H14N6O2/c1-13-9-16(17(11-21)20(27)25-13)14-3-5-15(6-4-14)28-19-10-18(22-12-23-19)26-8-2-7-24-26/h2-10,12H,1H3,(H,25,27). The Hall–Kier alpha value is -4.25. The molecule has 0 atom stereocenters. The highest BCUT2D eigenvalue weighted by Crippen LogP contribution is 2.26. The Morgan fingerprint density at radius 3 is 2.71 bits per heavy atom. The van der Waals surface area contributed by atoms with Gasteiger partial charge in [0.05, 0.1) is 0 Å². The van der Waals surface area contributed by atoms with Gasteiger partial charge in [-0.3, -0.25) is 4.79 Å². The summed E-state index contributed by atoms with van der Waals surface area (Å²) >= 11 is 0. The van der Waals surface area contributed by atoms with Crippen LogP contribution in [0.2, 0.25) is 0 Å². The summed E-state index contributed by atoms with van der Waals surface area (Å²) in [7, 11) is 0. The predicted molar refractivity (Wildman–Crippen MR) is 101 cm³/mol. The molecule has 4 rings (SSSR count). The van der Waals surface area contributed by atoms with E-state index in [0.29, 0.717) is 28.7 Å². The van der Waals surface area contributed by atoms with Crippen molar-refractivity contribution in [2.24, 2.45) is 0 Å². The van der Waals surface area contributed by atoms with E-state index in [4.69, 9.17) is 4.74 Å². The molecule has 3 heterocycles. The van der Waals surface area contributed by atoms with E-state index in [2.05, 4.69) is 20.1 Å². The van der Waals surface area contributed by atoms with Crippen molar-refractivity contribution < 1.29 is 4.74 Å². The number of hydrogen-bond donors (Lipinski definition) is 1. The Bertz CT molecular complexity index is 1220. The van der Waals surface area contributed by atoms with Crippen molar-refractivity contribution in [1.82, 2.24) is 24.7 Å². The van der Waals surface area contributed by atoms with E-state index >= 15 is 0 Å². The zero-order valence-electron chi connectivity index (χ0n) is 14.8. The van der Waals surface area contributed by atoms with Crippen molar-refractivity contribution >= 4 is 0 Å². The molecular formula is C20H14N6O2. The molecule has 0 spiro atoms. The summed E-state index contributed by atoms with van der Waals surface area (Å²) in [5.74, 6) is 1.52. The number of aromatic amines is 1. The SMILES string of the molecule is Cc1cc(-c2ccc(Oc3cc(-n4cccn4)ncn3)cc2)c(C#N)c(=O)[nH]1. The van der Waals surface area contributed by atoms with Crippen LogP contribution in [0.4, 0.5) is 0 Å². The van der Waals surface area contributed by atoms with E-state index in [9.17, 15) is 10.1 Å². The second-order valence-corrected chi connectivity index (χ2v) is 5.97. The lowest BCUT2D eigenvalue weighted by Gasteiger charge is -2.08. The summed E-state index contributed by atoms with van der Waals surface area (Å²) < 4.78 is 7.39. The van der Waals surface area contributed by atoms with Gasteiger partial charge >= 0.3 is 0 Å². The Balaban J connectivity index is 1.61. The van der Waals surface area contributed by atoms with Crippen LogP contribution in [0.15, 0.2) is 66.0 Å². The van der Waals surface area contributed by atoms with E-state index in [1.54, 1.807) is 66.5 Å². The fourth-order valence-corrected chi connectivity index (χ4v) is 2.77. The van der Waals surface area contributed by atoms with Gasteiger partial charge in [0, 0.05) is 29.7 Å². The fourth-order valence-electron chi connectivity index (χ4n) is 2.77. The first-order valence-corrected chi connectivity index (χ1v) is 8.38. The van der Waals surface area contributed by atoms with Gasteiger partial charge in [-0.05, 0) is 36.8 Å². The molecule has 0 radical (unpaired) electrons. The van der Waals surface area contributed by atoms with Crippen molar-refractivity contribution in [3.05, 3.63) is 82.8 Å². The van der Waals surface area contributed by atoms with Crippen molar-refractivity contribution in [3.63, 3.8) is 0 Å². The molecule has 1 N–H and O–H groups in total. The van der Waals surface area contributed by atoms with Crippen LogP contribution < -0.4 is 10.3 Å². The Morgan fingerprint density at radius 2 is 2.00 bits per heavy atom. The quantitative estimate of drug-likeness (QED) is 0.591. The molecule has 0 amide bonds. The van der Waals surface area contributed by atoms with E-state index in [0.717, 1.165) is 5.56 Å². The largest absolute Gasteiger partial charge is 0.439 e. The molecule has 0 unspecified atom stereocenters. The van der Waals surface area contributed by atoms with Gasteiger partial charge in [-0.1, -0.05) is 12.1 Å². The summed E-state index contributed by atoms with van der Waals surface area (Å²) in [6.45, 7) is 1.77. The van der Waals surface area contributed by atoms with E-state index in [1.165, 1.54) is 6.33 Å². The number of ether oxygens (including phenoxy) is 1. The molecule has 0 aliphatic heterocycles. The summed E-state index contributed by atoms with van der Waals surface area (Å²) in [6, 6.07) is 14.3. The van der Waals surface area contributed by atoms with Crippen LogP contribution in [0, 0.1) is 18.3 Å². The average Bonchev–Trinajstić information content (AvgIpc) is 3.23. The Labute approximate surface area is 159 Å². The second kappa shape index (κ2) is 7.17. The van der Waals surface area contributed by atoms with Crippen LogP contribution in [-0.4, -0.2) is 24.7 Å². The zero-order chi connectivity index (χ0) is 19.5. The van der Waals surface area contributed by atoms with Crippen molar-refractivity contribution in [1.29, 1.82) is 5.26 Å². The number of H-pyrrole nitrogens is 1. The topological polar surface area (TPSA) is 109 Å². The molecule has 0 bridgehead atoms. The number of benzene rings is 1. The second-order valence-electron chi connectivity index (χ2n) is 5.97. The summed E-state index contributed by atoms with van der Waals surface area (Å²) in [5.41, 5.74) is 1.70. The molecule has 1 aromatic carbocycles. The Kier molecular flexibility index (Phi) is 4.40. The molecular weight excluding hydrogens is 356 g/mol. The molecule has 28 heavy (non-hydrogen) atoms. The minimum absolute atomic E-state index is 0.0823. The molecule has 3 aromatic heterocycles. The van der Waals surface area contributed by atoms with Crippen LogP contribution in [0.5, 0.6) is 11.6 Å². The summed E-state index contributed by atoms with van der Waals surface area (Å²) in [5, 5.41) is 13.4. The normalized spacial score (nSPS) is 10.4. The van der Waals surface area contributed by atoms with Gasteiger partial charge in [-0.2, -0.15) is 10.4 Å². The van der Waals surface area contributed by atoms with Crippen LogP contribution in [-0.2, 0) is 0 Å². The predicted octanol–water partition coefficient (Wildman–Crippen LogP) is 2.99. The monoisotopic (exact) mass is 370 g/mol. The zero-order valence-corrected chi connectivity index (χ0v) is 14.8. The van der Waals surface area contributed by atoms with Gasteiger partial charge in [0.15, 0.2) is 5.82 Å². The smallest absolute Gasteiger partial charge is 0.266 e. The fraction of sp³-hybridized carbons (Fsp3) is 0.0500. The highest BCUT2D eigenvalue weighted by atomic mass is 16.5. The minimum atomic E-state index is -0.398. The lowest BCUT2D eigenvalue weighted by molar-refractivity contribution is 0.460. The van der Waals surface area contributed by atoms with E-state index in [-0.39, 0.29) is 5.56 Å². The number of rotatable bonds is 4. The molecule has 136 valence electrons. The minimum Gasteiger partial charge on any atom is -0.439 e. The van der Waals surface area contributed by atoms with E-state index in [1.807, 2.05) is 6.07 Å². The van der Waals surface area contributed by atoms with Crippen molar-refractivity contribution in [2.45, 2.75) is 6.92 Å². The van der Waals surface area contributed by atoms with Gasteiger partial charge in [0.25, 0.3) is 5.56 Å². The lowest BCUT2D eigenvalue weighted by atomic mass is 10.0. The number of nitrogens with one attached hydrogen (secondary N) is 1. The molecule has 0 saturated heterocycles. The molecule has 4 aromatic rings. The van der Waals surface area contributed by atoms with Gasteiger partial charge in [-0.25, -0.2) is 14.6 Å². The third kappa shape index (κ3) is 3.37. The van der Waals surface area contributed by atoms with Crippen molar-refractivity contribution in [2.75, 3.05) is 0 Å². The maximum Gasteiger partial charge on any atom is 0.266 e. The van der Waals surface area contributed by atoms with Gasteiger partial charge in [-0.15, -0.1) is 0 Å². The summed E-state index contributed by atoms with van der Waals surface area (Å²) in [6.07, 6.45) is 4.84. The number of aryl methyl sites for hydroxylation is 1. The highest BCUT2D eigenvalue weighted by molar-refractivity contribution is 5.70. The lowest BCUT2D eigenvalue weighted by Crippen LogP contribution is -2.12. The first kappa shape index (κ1) is 17.2. The van der Waals surface area contributed by atoms with E-state index < -0.39 is 5.56 Å². The maximum atomic E-state index is 12.0. The number of pyridine rings is 1.